The molecule has 2 N–H and O–H groups in total. The van der Waals surface area contributed by atoms with Crippen molar-refractivity contribution in [3.8, 4) is 0 Å². The number of guanidine groups is 1. The summed E-state index contributed by atoms with van der Waals surface area (Å²) < 4.78 is 0. The van der Waals surface area contributed by atoms with Crippen molar-refractivity contribution in [3.63, 3.8) is 0 Å². The third-order valence-electron chi connectivity index (χ3n) is 3.62. The molecule has 1 saturated heterocycles. The Morgan fingerprint density at radius 3 is 2.79 bits per heavy atom. The molecule has 0 bridgehead atoms. The summed E-state index contributed by atoms with van der Waals surface area (Å²) in [5.74, 6) is 1.43. The van der Waals surface area contributed by atoms with Crippen molar-refractivity contribution in [2.24, 2.45) is 10.7 Å². The zero-order valence-electron chi connectivity index (χ0n) is 11.0. The van der Waals surface area contributed by atoms with E-state index in [1.807, 2.05) is 0 Å². The molecule has 0 spiro atoms. The lowest BCUT2D eigenvalue weighted by atomic mass is 10.1. The van der Waals surface area contributed by atoms with Gasteiger partial charge in [0.25, 0.3) is 0 Å². The molecule has 2 heterocycles. The summed E-state index contributed by atoms with van der Waals surface area (Å²) in [6.45, 7) is 2.75. The lowest BCUT2D eigenvalue weighted by molar-refractivity contribution is 0.338. The predicted octanol–water partition coefficient (Wildman–Crippen LogP) is 2.94. The van der Waals surface area contributed by atoms with Gasteiger partial charge in [-0.25, -0.2) is 9.98 Å². The van der Waals surface area contributed by atoms with Gasteiger partial charge in [0.1, 0.15) is 5.01 Å². The highest BCUT2D eigenvalue weighted by atomic mass is 127. The quantitative estimate of drug-likeness (QED) is 0.489. The molecule has 0 unspecified atom stereocenters. The van der Waals surface area contributed by atoms with Crippen molar-refractivity contribution in [1.29, 1.82) is 0 Å². The zero-order valence-corrected chi connectivity index (χ0v) is 14.2. The largest absolute Gasteiger partial charge is 0.370 e. The number of aromatic nitrogens is 1. The standard InChI is InChI=1S/C13H20N4S.HI/c14-13(17-6-2-1-3-7-17)15-8-12-16-11(9-18-12)10-4-5-10;/h9-10H,1-8H2,(H2,14,15);1H. The molecule has 0 aromatic carbocycles. The summed E-state index contributed by atoms with van der Waals surface area (Å²) in [5.41, 5.74) is 7.29. The molecule has 106 valence electrons. The number of hydrogen-bond donors (Lipinski definition) is 1. The van der Waals surface area contributed by atoms with Gasteiger partial charge in [0.2, 0.25) is 0 Å². The SMILES string of the molecule is I.NC(=NCc1nc(C2CC2)cs1)N1CCCCC1. The number of thiazole rings is 1. The fraction of sp³-hybridized carbons (Fsp3) is 0.692. The molecular weight excluding hydrogens is 371 g/mol. The highest BCUT2D eigenvalue weighted by molar-refractivity contribution is 14.0. The fourth-order valence-electron chi connectivity index (χ4n) is 2.34. The number of nitrogens with zero attached hydrogens (tertiary/aromatic N) is 3. The van der Waals surface area contributed by atoms with E-state index in [1.165, 1.54) is 37.8 Å². The highest BCUT2D eigenvalue weighted by Crippen LogP contribution is 2.40. The van der Waals surface area contributed by atoms with E-state index in [2.05, 4.69) is 20.3 Å². The van der Waals surface area contributed by atoms with Crippen LogP contribution in [0.2, 0.25) is 0 Å². The van der Waals surface area contributed by atoms with Gasteiger partial charge in [-0.3, -0.25) is 0 Å². The second-order valence-electron chi connectivity index (χ2n) is 5.16. The van der Waals surface area contributed by atoms with Crippen LogP contribution in [0.25, 0.3) is 0 Å². The van der Waals surface area contributed by atoms with Crippen LogP contribution >= 0.6 is 35.3 Å². The van der Waals surface area contributed by atoms with Gasteiger partial charge >= 0.3 is 0 Å². The molecule has 1 aromatic heterocycles. The molecule has 1 aliphatic carbocycles. The lowest BCUT2D eigenvalue weighted by Crippen LogP contribution is -2.40. The molecule has 2 aliphatic rings. The normalized spacial score (nSPS) is 20.2. The first kappa shape index (κ1) is 15.0. The maximum Gasteiger partial charge on any atom is 0.191 e. The van der Waals surface area contributed by atoms with Crippen molar-refractivity contribution in [2.45, 2.75) is 44.6 Å². The second-order valence-corrected chi connectivity index (χ2v) is 6.11. The highest BCUT2D eigenvalue weighted by Gasteiger charge is 2.25. The number of piperidine rings is 1. The van der Waals surface area contributed by atoms with E-state index >= 15 is 0 Å². The van der Waals surface area contributed by atoms with Crippen molar-refractivity contribution < 1.29 is 0 Å². The summed E-state index contributed by atoms with van der Waals surface area (Å²) in [5, 5.41) is 3.27. The van der Waals surface area contributed by atoms with Crippen LogP contribution in [0.5, 0.6) is 0 Å². The van der Waals surface area contributed by atoms with Crippen molar-refractivity contribution in [3.05, 3.63) is 16.1 Å². The summed E-state index contributed by atoms with van der Waals surface area (Å²) in [4.78, 5) is 11.3. The Bertz CT molecular complexity index is 436. The molecule has 4 nitrogen and oxygen atoms in total. The number of nitrogens with two attached hydrogens (primary N) is 1. The molecule has 0 atom stereocenters. The molecular formula is C13H21IN4S. The molecule has 6 heteroatoms. The van der Waals surface area contributed by atoms with Crippen LogP contribution in [0.4, 0.5) is 0 Å². The minimum Gasteiger partial charge on any atom is -0.370 e. The van der Waals surface area contributed by atoms with Crippen molar-refractivity contribution in [2.75, 3.05) is 13.1 Å². The number of likely N-dealkylation sites (tertiary alicyclic amines) is 1. The Morgan fingerprint density at radius 2 is 2.11 bits per heavy atom. The van der Waals surface area contributed by atoms with E-state index in [0.717, 1.165) is 24.0 Å². The van der Waals surface area contributed by atoms with Gasteiger partial charge in [0.15, 0.2) is 5.96 Å². The maximum absolute atomic E-state index is 6.03. The molecule has 1 aliphatic heterocycles. The minimum atomic E-state index is 0. The second kappa shape index (κ2) is 6.88. The Balaban J connectivity index is 0.00000133. The van der Waals surface area contributed by atoms with Crippen LogP contribution in [-0.2, 0) is 6.54 Å². The van der Waals surface area contributed by atoms with E-state index in [1.54, 1.807) is 11.3 Å². The lowest BCUT2D eigenvalue weighted by Gasteiger charge is -2.27. The smallest absolute Gasteiger partial charge is 0.191 e. The third kappa shape index (κ3) is 4.05. The van der Waals surface area contributed by atoms with E-state index in [4.69, 9.17) is 5.73 Å². The summed E-state index contributed by atoms with van der Waals surface area (Å²) in [7, 11) is 0. The van der Waals surface area contributed by atoms with Gasteiger partial charge in [-0.2, -0.15) is 0 Å². The maximum atomic E-state index is 6.03. The van der Waals surface area contributed by atoms with Crippen molar-refractivity contribution >= 4 is 41.3 Å². The molecule has 0 radical (unpaired) electrons. The molecule has 19 heavy (non-hydrogen) atoms. The summed E-state index contributed by atoms with van der Waals surface area (Å²) >= 11 is 1.71. The van der Waals surface area contributed by atoms with Gasteiger partial charge in [-0.05, 0) is 32.1 Å². The average molecular weight is 392 g/mol. The van der Waals surface area contributed by atoms with E-state index in [9.17, 15) is 0 Å². The van der Waals surface area contributed by atoms with Gasteiger partial charge in [-0.1, -0.05) is 0 Å². The van der Waals surface area contributed by atoms with Crippen LogP contribution in [0.1, 0.15) is 48.7 Å². The number of hydrogen-bond acceptors (Lipinski definition) is 3. The molecule has 1 saturated carbocycles. The van der Waals surface area contributed by atoms with Gasteiger partial charge in [-0.15, -0.1) is 35.3 Å². The Kier molecular flexibility index (Phi) is 5.44. The Labute approximate surface area is 135 Å². The Hall–Kier alpha value is -0.370. The van der Waals surface area contributed by atoms with Crippen LogP contribution < -0.4 is 5.73 Å². The topological polar surface area (TPSA) is 54.5 Å². The van der Waals surface area contributed by atoms with E-state index in [-0.39, 0.29) is 24.0 Å². The minimum absolute atomic E-state index is 0. The monoisotopic (exact) mass is 392 g/mol. The van der Waals surface area contributed by atoms with Crippen LogP contribution in [-0.4, -0.2) is 28.9 Å². The molecule has 1 aromatic rings. The first-order chi connectivity index (χ1) is 8.83. The number of halogens is 1. The fourth-order valence-corrected chi connectivity index (χ4v) is 3.14. The average Bonchev–Trinajstić information content (AvgIpc) is 3.16. The first-order valence-corrected chi connectivity index (χ1v) is 7.70. The van der Waals surface area contributed by atoms with E-state index < -0.39 is 0 Å². The summed E-state index contributed by atoms with van der Waals surface area (Å²) in [6, 6.07) is 0. The van der Waals surface area contributed by atoms with Gasteiger partial charge in [0.05, 0.1) is 12.2 Å². The predicted molar refractivity (Wildman–Crippen MR) is 90.3 cm³/mol. The molecule has 0 amide bonds. The van der Waals surface area contributed by atoms with Crippen LogP contribution in [0.15, 0.2) is 10.4 Å². The van der Waals surface area contributed by atoms with E-state index in [0.29, 0.717) is 12.5 Å². The zero-order chi connectivity index (χ0) is 12.4. The molecule has 3 rings (SSSR count). The van der Waals surface area contributed by atoms with Gasteiger partial charge < -0.3 is 10.6 Å². The number of aliphatic imine (C=N–C) groups is 1. The van der Waals surface area contributed by atoms with Crippen LogP contribution in [0.3, 0.4) is 0 Å². The molecule has 2 fully saturated rings. The van der Waals surface area contributed by atoms with Gasteiger partial charge in [0, 0.05) is 24.4 Å². The number of rotatable bonds is 3. The summed E-state index contributed by atoms with van der Waals surface area (Å²) in [6.07, 6.45) is 6.41. The van der Waals surface area contributed by atoms with Crippen molar-refractivity contribution in [1.82, 2.24) is 9.88 Å². The first-order valence-electron chi connectivity index (χ1n) is 6.82. The Morgan fingerprint density at radius 1 is 1.37 bits per heavy atom. The van der Waals surface area contributed by atoms with Crippen LogP contribution in [0, 0.1) is 0 Å². The third-order valence-corrected chi connectivity index (χ3v) is 4.47.